The molecule has 1 aliphatic rings. The van der Waals surface area contributed by atoms with Crippen LogP contribution in [0.15, 0.2) is 18.2 Å². The Labute approximate surface area is 157 Å². The number of hydrogen-bond acceptors (Lipinski definition) is 3. The molecule has 1 aliphatic heterocycles. The molecule has 5 nitrogen and oxygen atoms in total. The Bertz CT molecular complexity index is 649. The fourth-order valence-corrected chi connectivity index (χ4v) is 3.32. The lowest BCUT2D eigenvalue weighted by Gasteiger charge is -2.25. The van der Waals surface area contributed by atoms with Crippen LogP contribution in [0.5, 0.6) is 5.75 Å². The third kappa shape index (κ3) is 5.75. The summed E-state index contributed by atoms with van der Waals surface area (Å²) in [6, 6.07) is 5.86. The van der Waals surface area contributed by atoms with Gasteiger partial charge < -0.3 is 14.5 Å². The van der Waals surface area contributed by atoms with E-state index in [2.05, 4.69) is 20.8 Å². The van der Waals surface area contributed by atoms with Crippen molar-refractivity contribution in [3.8, 4) is 5.75 Å². The van der Waals surface area contributed by atoms with Gasteiger partial charge in [-0.2, -0.15) is 0 Å². The monoisotopic (exact) mass is 360 g/mol. The molecule has 2 rings (SSSR count). The predicted octanol–water partition coefficient (Wildman–Crippen LogP) is 3.04. The summed E-state index contributed by atoms with van der Waals surface area (Å²) >= 11 is 0. The highest BCUT2D eigenvalue weighted by atomic mass is 16.5. The maximum Gasteiger partial charge on any atom is 0.227 e. The molecule has 1 fully saturated rings. The SMILES string of the molecule is COc1ccc(CC(=O)N2CCCN(C(=O)CC(C)(C)C)CC2)cc1C. The topological polar surface area (TPSA) is 49.9 Å². The van der Waals surface area contributed by atoms with Crippen LogP contribution in [0.25, 0.3) is 0 Å². The van der Waals surface area contributed by atoms with E-state index >= 15 is 0 Å². The fourth-order valence-electron chi connectivity index (χ4n) is 3.32. The molecule has 0 N–H and O–H groups in total. The van der Waals surface area contributed by atoms with Gasteiger partial charge in [0.25, 0.3) is 0 Å². The van der Waals surface area contributed by atoms with Crippen LogP contribution in [0.2, 0.25) is 0 Å². The van der Waals surface area contributed by atoms with Crippen LogP contribution in [0, 0.1) is 12.3 Å². The van der Waals surface area contributed by atoms with Crippen molar-refractivity contribution in [3.63, 3.8) is 0 Å². The number of nitrogens with zero attached hydrogens (tertiary/aromatic N) is 2. The minimum Gasteiger partial charge on any atom is -0.496 e. The first kappa shape index (κ1) is 20.3. The third-order valence-electron chi connectivity index (χ3n) is 4.70. The minimum atomic E-state index is -0.00881. The summed E-state index contributed by atoms with van der Waals surface area (Å²) in [6.45, 7) is 10.9. The molecule has 0 spiro atoms. The van der Waals surface area contributed by atoms with Crippen LogP contribution < -0.4 is 4.74 Å². The van der Waals surface area contributed by atoms with E-state index in [0.29, 0.717) is 32.5 Å². The Balaban J connectivity index is 1.93. The maximum atomic E-state index is 12.7. The average Bonchev–Trinajstić information content (AvgIpc) is 2.79. The number of amides is 2. The van der Waals surface area contributed by atoms with Crippen molar-refractivity contribution >= 4 is 11.8 Å². The highest BCUT2D eigenvalue weighted by Gasteiger charge is 2.25. The summed E-state index contributed by atoms with van der Waals surface area (Å²) in [6.07, 6.45) is 1.77. The van der Waals surface area contributed by atoms with E-state index in [0.717, 1.165) is 29.8 Å². The van der Waals surface area contributed by atoms with Crippen LogP contribution in [0.4, 0.5) is 0 Å². The molecule has 1 aromatic rings. The number of aryl methyl sites for hydroxylation is 1. The molecule has 26 heavy (non-hydrogen) atoms. The number of carbonyl (C=O) groups excluding carboxylic acids is 2. The van der Waals surface area contributed by atoms with Gasteiger partial charge in [-0.1, -0.05) is 32.9 Å². The second-order valence-electron chi connectivity index (χ2n) is 8.33. The summed E-state index contributed by atoms with van der Waals surface area (Å²) in [7, 11) is 1.65. The van der Waals surface area contributed by atoms with E-state index in [4.69, 9.17) is 4.74 Å². The average molecular weight is 360 g/mol. The fraction of sp³-hybridized carbons (Fsp3) is 0.619. The Morgan fingerprint density at radius 1 is 1.04 bits per heavy atom. The summed E-state index contributed by atoms with van der Waals surface area (Å²) < 4.78 is 5.27. The molecule has 0 bridgehead atoms. The van der Waals surface area contributed by atoms with E-state index < -0.39 is 0 Å². The zero-order valence-corrected chi connectivity index (χ0v) is 16.8. The van der Waals surface area contributed by atoms with Gasteiger partial charge in [-0.05, 0) is 36.0 Å². The van der Waals surface area contributed by atoms with E-state index in [1.807, 2.05) is 34.9 Å². The van der Waals surface area contributed by atoms with E-state index in [9.17, 15) is 9.59 Å². The van der Waals surface area contributed by atoms with Gasteiger partial charge in [0.15, 0.2) is 0 Å². The van der Waals surface area contributed by atoms with Gasteiger partial charge in [-0.25, -0.2) is 0 Å². The molecular formula is C21H32N2O3. The standard InChI is InChI=1S/C21H32N2O3/c1-16-13-17(7-8-18(16)26-5)14-19(24)22-9-6-10-23(12-11-22)20(25)15-21(2,3)4/h7-8,13H,6,9-12,14-15H2,1-5H3. The lowest BCUT2D eigenvalue weighted by Crippen LogP contribution is -2.38. The van der Waals surface area contributed by atoms with Crippen molar-refractivity contribution in [2.75, 3.05) is 33.3 Å². The molecule has 144 valence electrons. The van der Waals surface area contributed by atoms with Crippen molar-refractivity contribution in [3.05, 3.63) is 29.3 Å². The van der Waals surface area contributed by atoms with Gasteiger partial charge in [0, 0.05) is 32.6 Å². The van der Waals surface area contributed by atoms with Crippen LogP contribution in [-0.4, -0.2) is 54.9 Å². The van der Waals surface area contributed by atoms with Crippen LogP contribution in [0.3, 0.4) is 0 Å². The summed E-state index contributed by atoms with van der Waals surface area (Å²) in [5.41, 5.74) is 2.02. The molecule has 1 saturated heterocycles. The van der Waals surface area contributed by atoms with Gasteiger partial charge in [0.05, 0.1) is 13.5 Å². The third-order valence-corrected chi connectivity index (χ3v) is 4.70. The molecule has 1 heterocycles. The van der Waals surface area contributed by atoms with Gasteiger partial charge in [0.1, 0.15) is 5.75 Å². The molecule has 0 aromatic heterocycles. The van der Waals surface area contributed by atoms with Crippen molar-refractivity contribution in [1.82, 2.24) is 9.80 Å². The smallest absolute Gasteiger partial charge is 0.227 e. The van der Waals surface area contributed by atoms with Crippen LogP contribution in [-0.2, 0) is 16.0 Å². The molecule has 0 radical (unpaired) electrons. The van der Waals surface area contributed by atoms with E-state index in [1.165, 1.54) is 0 Å². The zero-order valence-electron chi connectivity index (χ0n) is 16.8. The number of benzene rings is 1. The predicted molar refractivity (Wildman–Crippen MR) is 103 cm³/mol. The summed E-state index contributed by atoms with van der Waals surface area (Å²) in [5, 5.41) is 0. The largest absolute Gasteiger partial charge is 0.496 e. The van der Waals surface area contributed by atoms with Gasteiger partial charge in [-0.15, -0.1) is 0 Å². The normalized spacial score (nSPS) is 15.6. The highest BCUT2D eigenvalue weighted by Crippen LogP contribution is 2.21. The molecule has 2 amide bonds. The highest BCUT2D eigenvalue weighted by molar-refractivity contribution is 5.79. The van der Waals surface area contributed by atoms with Crippen LogP contribution >= 0.6 is 0 Å². The number of methoxy groups -OCH3 is 1. The minimum absolute atomic E-state index is 0.00881. The second-order valence-corrected chi connectivity index (χ2v) is 8.33. The quantitative estimate of drug-likeness (QED) is 0.829. The Morgan fingerprint density at radius 2 is 1.65 bits per heavy atom. The lowest BCUT2D eigenvalue weighted by molar-refractivity contribution is -0.134. The molecule has 0 aliphatic carbocycles. The van der Waals surface area contributed by atoms with Crippen molar-refractivity contribution < 1.29 is 14.3 Å². The zero-order chi connectivity index (χ0) is 19.3. The number of ether oxygens (including phenoxy) is 1. The Morgan fingerprint density at radius 3 is 2.19 bits per heavy atom. The molecule has 5 heteroatoms. The summed E-state index contributed by atoms with van der Waals surface area (Å²) in [4.78, 5) is 28.9. The van der Waals surface area contributed by atoms with E-state index in [1.54, 1.807) is 7.11 Å². The van der Waals surface area contributed by atoms with Gasteiger partial charge in [-0.3, -0.25) is 9.59 Å². The summed E-state index contributed by atoms with van der Waals surface area (Å²) in [5.74, 6) is 1.15. The van der Waals surface area contributed by atoms with Crippen molar-refractivity contribution in [2.45, 2.75) is 47.0 Å². The van der Waals surface area contributed by atoms with Crippen molar-refractivity contribution in [2.24, 2.45) is 5.41 Å². The number of rotatable bonds is 4. The second kappa shape index (κ2) is 8.56. The van der Waals surface area contributed by atoms with Crippen molar-refractivity contribution in [1.29, 1.82) is 0 Å². The Kier molecular flexibility index (Phi) is 6.68. The number of carbonyl (C=O) groups is 2. The number of hydrogen-bond donors (Lipinski definition) is 0. The first-order chi connectivity index (χ1) is 12.2. The molecule has 1 aromatic carbocycles. The van der Waals surface area contributed by atoms with Crippen LogP contribution in [0.1, 0.15) is 44.7 Å². The maximum absolute atomic E-state index is 12.7. The van der Waals surface area contributed by atoms with Gasteiger partial charge >= 0.3 is 0 Å². The lowest BCUT2D eigenvalue weighted by atomic mass is 9.91. The Hall–Kier alpha value is -2.04. The first-order valence-corrected chi connectivity index (χ1v) is 9.38. The van der Waals surface area contributed by atoms with E-state index in [-0.39, 0.29) is 17.2 Å². The molecule has 0 unspecified atom stereocenters. The molecular weight excluding hydrogens is 328 g/mol. The molecule has 0 atom stereocenters. The van der Waals surface area contributed by atoms with Gasteiger partial charge in [0.2, 0.25) is 11.8 Å². The molecule has 0 saturated carbocycles. The first-order valence-electron chi connectivity index (χ1n) is 9.38.